The van der Waals surface area contributed by atoms with Crippen molar-refractivity contribution in [3.63, 3.8) is 0 Å². The third-order valence-corrected chi connectivity index (χ3v) is 6.60. The molecule has 0 aliphatic carbocycles. The van der Waals surface area contributed by atoms with Gasteiger partial charge in [0.1, 0.15) is 0 Å². The number of rotatable bonds is 18. The smallest absolute Gasteiger partial charge is 0.253 e. The van der Waals surface area contributed by atoms with Crippen molar-refractivity contribution in [1.82, 2.24) is 24.8 Å². The summed E-state index contributed by atoms with van der Waals surface area (Å²) in [5, 5.41) is 5.74. The predicted molar refractivity (Wildman–Crippen MR) is 171 cm³/mol. The zero-order valence-electron chi connectivity index (χ0n) is 25.1. The van der Waals surface area contributed by atoms with Gasteiger partial charge in [-0.3, -0.25) is 28.8 Å². The number of nitrogens with zero attached hydrogens (tertiary/aromatic N) is 5. The molecule has 2 aromatic carbocycles. The lowest BCUT2D eigenvalue weighted by atomic mass is 10.1. The number of amides is 6. The normalized spacial score (nSPS) is 10.5. The molecular formula is C29H34ClN11O6. The van der Waals surface area contributed by atoms with Crippen molar-refractivity contribution >= 4 is 70.3 Å². The summed E-state index contributed by atoms with van der Waals surface area (Å²) in [6.07, 6.45) is -0.383. The Balaban J connectivity index is 1.78. The van der Waals surface area contributed by atoms with E-state index in [-0.39, 0.29) is 80.2 Å². The topological polar surface area (TPSA) is 276 Å². The molecular weight excluding hydrogens is 634 g/mol. The van der Waals surface area contributed by atoms with Crippen LogP contribution in [0.25, 0.3) is 0 Å². The van der Waals surface area contributed by atoms with Gasteiger partial charge < -0.3 is 43.4 Å². The van der Waals surface area contributed by atoms with Gasteiger partial charge in [0, 0.05) is 74.4 Å². The van der Waals surface area contributed by atoms with Gasteiger partial charge in [-0.15, -0.1) is 0 Å². The van der Waals surface area contributed by atoms with Crippen LogP contribution in [0, 0.1) is 0 Å². The summed E-state index contributed by atoms with van der Waals surface area (Å²) < 4.78 is 0. The zero-order chi connectivity index (χ0) is 34.5. The van der Waals surface area contributed by atoms with Crippen LogP contribution >= 0.6 is 11.6 Å². The summed E-state index contributed by atoms with van der Waals surface area (Å²) in [5.74, 6) is -3.28. The maximum Gasteiger partial charge on any atom is 0.253 e. The van der Waals surface area contributed by atoms with Gasteiger partial charge in [0.25, 0.3) is 11.8 Å². The number of carbonyl (C=O) groups excluding carboxylic acids is 6. The molecule has 0 radical (unpaired) electrons. The summed E-state index contributed by atoms with van der Waals surface area (Å²) in [7, 11) is 0. The Bertz CT molecular complexity index is 1500. The molecule has 17 nitrogen and oxygen atoms in total. The maximum atomic E-state index is 13.2. The van der Waals surface area contributed by atoms with E-state index in [4.69, 9.17) is 34.5 Å². The predicted octanol–water partition coefficient (Wildman–Crippen LogP) is 0.398. The molecule has 47 heavy (non-hydrogen) atoms. The lowest BCUT2D eigenvalue weighted by Crippen LogP contribution is -2.36. The quantitative estimate of drug-likeness (QED) is 0.108. The molecule has 0 fully saturated rings. The number of hydrogen-bond acceptors (Lipinski definition) is 11. The first kappa shape index (κ1) is 35.6. The van der Waals surface area contributed by atoms with Crippen LogP contribution < -0.4 is 33.6 Å². The number of hydrogen-bond donors (Lipinski definition) is 6. The van der Waals surface area contributed by atoms with Crippen LogP contribution in [0.15, 0.2) is 48.5 Å². The number of primary amides is 4. The van der Waals surface area contributed by atoms with Crippen molar-refractivity contribution in [1.29, 1.82) is 0 Å². The minimum Gasteiger partial charge on any atom is -0.370 e. The molecule has 0 aliphatic heterocycles. The second-order valence-corrected chi connectivity index (χ2v) is 10.5. The molecule has 10 N–H and O–H groups in total. The number of benzene rings is 2. The van der Waals surface area contributed by atoms with E-state index in [0.717, 1.165) is 0 Å². The van der Waals surface area contributed by atoms with Crippen molar-refractivity contribution in [3.8, 4) is 0 Å². The van der Waals surface area contributed by atoms with Gasteiger partial charge in [-0.2, -0.15) is 15.0 Å². The molecule has 1 aromatic heterocycles. The Morgan fingerprint density at radius 1 is 0.574 bits per heavy atom. The van der Waals surface area contributed by atoms with E-state index >= 15 is 0 Å². The van der Waals surface area contributed by atoms with Crippen LogP contribution in [0.3, 0.4) is 0 Å². The molecule has 0 atom stereocenters. The SMILES string of the molecule is NC(=O)CCN(CCC(N)=O)C(=O)c1cccc(Nc2nc(Cl)nc(Nc3cccc(C(=O)N(CCC(N)=O)CCC(N)=O)c3)n2)c1. The Labute approximate surface area is 274 Å². The Morgan fingerprint density at radius 2 is 0.915 bits per heavy atom. The third kappa shape index (κ3) is 11.9. The summed E-state index contributed by atoms with van der Waals surface area (Å²) in [4.78, 5) is 86.6. The number of nitrogens with two attached hydrogens (primary N) is 4. The molecule has 0 unspecified atom stereocenters. The molecule has 0 spiro atoms. The van der Waals surface area contributed by atoms with Crippen molar-refractivity contribution in [2.24, 2.45) is 22.9 Å². The van der Waals surface area contributed by atoms with Crippen LogP contribution in [0.4, 0.5) is 23.3 Å². The van der Waals surface area contributed by atoms with Gasteiger partial charge in [0.2, 0.25) is 40.8 Å². The molecule has 0 saturated heterocycles. The second kappa shape index (κ2) is 17.0. The van der Waals surface area contributed by atoms with Crippen LogP contribution in [0.5, 0.6) is 0 Å². The maximum absolute atomic E-state index is 13.2. The van der Waals surface area contributed by atoms with E-state index < -0.39 is 35.4 Å². The first-order valence-electron chi connectivity index (χ1n) is 14.2. The molecule has 3 rings (SSSR count). The molecule has 0 saturated carbocycles. The minimum atomic E-state index is -0.603. The summed E-state index contributed by atoms with van der Waals surface area (Å²) in [5.41, 5.74) is 22.2. The highest BCUT2D eigenvalue weighted by atomic mass is 35.5. The van der Waals surface area contributed by atoms with Crippen molar-refractivity contribution in [2.75, 3.05) is 36.8 Å². The highest BCUT2D eigenvalue weighted by Gasteiger charge is 2.19. The van der Waals surface area contributed by atoms with Gasteiger partial charge in [0.05, 0.1) is 0 Å². The summed E-state index contributed by atoms with van der Waals surface area (Å²) in [6, 6.07) is 12.7. The number of carbonyl (C=O) groups is 6. The monoisotopic (exact) mass is 667 g/mol. The lowest BCUT2D eigenvalue weighted by Gasteiger charge is -2.22. The van der Waals surface area contributed by atoms with Gasteiger partial charge in [-0.25, -0.2) is 0 Å². The number of halogens is 1. The van der Waals surface area contributed by atoms with Crippen LogP contribution in [-0.4, -0.2) is 86.4 Å². The van der Waals surface area contributed by atoms with E-state index in [1.165, 1.54) is 21.9 Å². The molecule has 248 valence electrons. The van der Waals surface area contributed by atoms with Crippen LogP contribution in [0.2, 0.25) is 5.28 Å². The molecule has 6 amide bonds. The summed E-state index contributed by atoms with van der Waals surface area (Å²) in [6.45, 7) is 0.0110. The highest BCUT2D eigenvalue weighted by Crippen LogP contribution is 2.21. The molecule has 1 heterocycles. The fourth-order valence-electron chi connectivity index (χ4n) is 4.16. The largest absolute Gasteiger partial charge is 0.370 e. The molecule has 3 aromatic rings. The summed E-state index contributed by atoms with van der Waals surface area (Å²) >= 11 is 6.16. The lowest BCUT2D eigenvalue weighted by molar-refractivity contribution is -0.119. The van der Waals surface area contributed by atoms with E-state index in [0.29, 0.717) is 11.4 Å². The minimum absolute atomic E-state index is 0.00276. The zero-order valence-corrected chi connectivity index (χ0v) is 25.9. The van der Waals surface area contributed by atoms with Crippen molar-refractivity contribution in [2.45, 2.75) is 25.7 Å². The first-order valence-corrected chi connectivity index (χ1v) is 14.6. The molecule has 0 bridgehead atoms. The van der Waals surface area contributed by atoms with Crippen LogP contribution in [-0.2, 0) is 19.2 Å². The second-order valence-electron chi connectivity index (χ2n) is 10.1. The number of aromatic nitrogens is 3. The van der Waals surface area contributed by atoms with Gasteiger partial charge in [-0.1, -0.05) is 12.1 Å². The Kier molecular flexibility index (Phi) is 12.9. The highest BCUT2D eigenvalue weighted by molar-refractivity contribution is 6.28. The number of nitrogens with one attached hydrogen (secondary N) is 2. The number of anilines is 4. The Morgan fingerprint density at radius 3 is 1.23 bits per heavy atom. The third-order valence-electron chi connectivity index (χ3n) is 6.43. The van der Waals surface area contributed by atoms with Gasteiger partial charge in [0.15, 0.2) is 0 Å². The Hall–Kier alpha value is -5.84. The standard InChI is InChI=1S/C29H34ClN11O6/c30-27-37-28(35-19-5-1-3-17(15-19)25(46)40(11-7-21(31)42)12-8-22(32)43)39-29(38-27)36-20-6-2-4-18(16-20)26(47)41(13-9-23(33)44)14-10-24(34)45/h1-6,15-16H,7-14H2,(H2,31,42)(H2,32,43)(H2,33,44)(H2,34,45)(H2,35,36,37,38,39). The van der Waals surface area contributed by atoms with E-state index in [1.54, 1.807) is 36.4 Å². The first-order chi connectivity index (χ1) is 22.3. The van der Waals surface area contributed by atoms with Crippen LogP contribution in [0.1, 0.15) is 46.4 Å². The molecule has 0 aliphatic rings. The average Bonchev–Trinajstić information content (AvgIpc) is 3.00. The van der Waals surface area contributed by atoms with E-state index in [9.17, 15) is 28.8 Å². The fraction of sp³-hybridized carbons (Fsp3) is 0.276. The van der Waals surface area contributed by atoms with Gasteiger partial charge >= 0.3 is 0 Å². The van der Waals surface area contributed by atoms with E-state index in [2.05, 4.69) is 25.6 Å². The van der Waals surface area contributed by atoms with Crippen molar-refractivity contribution < 1.29 is 28.8 Å². The van der Waals surface area contributed by atoms with Gasteiger partial charge in [-0.05, 0) is 48.0 Å². The van der Waals surface area contributed by atoms with Crippen molar-refractivity contribution in [3.05, 3.63) is 64.9 Å². The van der Waals surface area contributed by atoms with E-state index in [1.807, 2.05) is 0 Å². The average molecular weight is 668 g/mol. The fourth-order valence-corrected chi connectivity index (χ4v) is 4.32. The molecule has 18 heteroatoms.